The molecule has 1 atom stereocenters. The van der Waals surface area contributed by atoms with Gasteiger partial charge in [-0.3, -0.25) is 9.69 Å². The Kier molecular flexibility index (Phi) is 4.66. The van der Waals surface area contributed by atoms with Gasteiger partial charge in [-0.15, -0.1) is 11.3 Å². The lowest BCUT2D eigenvalue weighted by molar-refractivity contribution is -0.155. The molecule has 1 saturated heterocycles. The van der Waals surface area contributed by atoms with Crippen LogP contribution in [0.5, 0.6) is 0 Å². The van der Waals surface area contributed by atoms with Crippen LogP contribution in [0.15, 0.2) is 17.5 Å². The van der Waals surface area contributed by atoms with E-state index in [0.717, 1.165) is 5.00 Å². The van der Waals surface area contributed by atoms with Crippen molar-refractivity contribution in [3.63, 3.8) is 0 Å². The zero-order valence-electron chi connectivity index (χ0n) is 10.6. The van der Waals surface area contributed by atoms with Gasteiger partial charge < -0.3 is 10.0 Å². The van der Waals surface area contributed by atoms with Crippen LogP contribution in [0.2, 0.25) is 0 Å². The molecule has 0 bridgehead atoms. The average Bonchev–Trinajstić information content (AvgIpc) is 2.79. The molecule has 0 saturated carbocycles. The van der Waals surface area contributed by atoms with Crippen molar-refractivity contribution in [2.75, 3.05) is 31.1 Å². The van der Waals surface area contributed by atoms with Gasteiger partial charge >= 0.3 is 6.18 Å². The fourth-order valence-electron chi connectivity index (χ4n) is 2.16. The van der Waals surface area contributed by atoms with E-state index >= 15 is 0 Å². The number of aliphatic hydroxyl groups is 1. The molecule has 0 aliphatic carbocycles. The molecule has 0 spiro atoms. The van der Waals surface area contributed by atoms with Gasteiger partial charge in [0.25, 0.3) is 0 Å². The summed E-state index contributed by atoms with van der Waals surface area (Å²) in [5.41, 5.74) is 0. The Morgan fingerprint density at radius 2 is 2.15 bits per heavy atom. The number of nitrogens with zero attached hydrogens (tertiary/aromatic N) is 2. The summed E-state index contributed by atoms with van der Waals surface area (Å²) in [7, 11) is 0. The predicted molar refractivity (Wildman–Crippen MR) is 69.8 cm³/mol. The summed E-state index contributed by atoms with van der Waals surface area (Å²) in [4.78, 5) is 15.1. The van der Waals surface area contributed by atoms with Crippen molar-refractivity contribution in [3.05, 3.63) is 17.5 Å². The van der Waals surface area contributed by atoms with Gasteiger partial charge in [-0.05, 0) is 17.5 Å². The number of halogens is 3. The lowest BCUT2D eigenvalue weighted by Gasteiger charge is -2.34. The van der Waals surface area contributed by atoms with Crippen molar-refractivity contribution in [3.8, 4) is 0 Å². The third kappa shape index (κ3) is 4.19. The number of β-amino-alcohol motifs (C(OH)–C–C–N with tert-alkyl or cyclic N) is 1. The van der Waals surface area contributed by atoms with E-state index in [2.05, 4.69) is 0 Å². The lowest BCUT2D eigenvalue weighted by Crippen LogP contribution is -2.52. The number of aliphatic hydroxyl groups excluding tert-OH is 1. The van der Waals surface area contributed by atoms with Gasteiger partial charge in [0.1, 0.15) is 0 Å². The number of anilines is 1. The molecular weight excluding hydrogens is 293 g/mol. The van der Waals surface area contributed by atoms with E-state index in [1.165, 1.54) is 11.3 Å². The minimum absolute atomic E-state index is 0.0345. The summed E-state index contributed by atoms with van der Waals surface area (Å²) < 4.78 is 36.4. The second-order valence-corrected chi connectivity index (χ2v) is 5.63. The van der Waals surface area contributed by atoms with Crippen molar-refractivity contribution >= 4 is 22.2 Å². The number of alkyl halides is 3. The maximum absolute atomic E-state index is 12.1. The number of carbonyl (C=O) groups is 1. The summed E-state index contributed by atoms with van der Waals surface area (Å²) in [6.07, 6.45) is -7.12. The second kappa shape index (κ2) is 6.11. The van der Waals surface area contributed by atoms with E-state index in [0.29, 0.717) is 13.1 Å². The van der Waals surface area contributed by atoms with E-state index < -0.39 is 18.7 Å². The van der Waals surface area contributed by atoms with Crippen molar-refractivity contribution in [1.82, 2.24) is 4.90 Å². The van der Waals surface area contributed by atoms with Crippen molar-refractivity contribution in [2.24, 2.45) is 0 Å². The number of piperazine rings is 1. The van der Waals surface area contributed by atoms with Gasteiger partial charge in [0, 0.05) is 19.6 Å². The molecule has 1 N–H and O–H groups in total. The molecule has 112 valence electrons. The molecule has 4 nitrogen and oxygen atoms in total. The molecule has 1 aromatic rings. The Morgan fingerprint density at radius 1 is 1.40 bits per heavy atom. The van der Waals surface area contributed by atoms with Gasteiger partial charge in [0.15, 0.2) is 0 Å². The number of hydrogen-bond acceptors (Lipinski definition) is 4. The molecule has 2 rings (SSSR count). The van der Waals surface area contributed by atoms with E-state index in [-0.39, 0.29) is 19.0 Å². The molecule has 1 fully saturated rings. The Bertz CT molecular complexity index is 450. The maximum Gasteiger partial charge on any atom is 0.391 e. The molecular formula is C12H15F3N2O2S. The van der Waals surface area contributed by atoms with Crippen LogP contribution in [0.4, 0.5) is 18.2 Å². The summed E-state index contributed by atoms with van der Waals surface area (Å²) in [5.74, 6) is -0.155. The Hall–Kier alpha value is -1.12. The van der Waals surface area contributed by atoms with Gasteiger partial charge in [0.05, 0.1) is 24.1 Å². The smallest absolute Gasteiger partial charge is 0.391 e. The zero-order valence-corrected chi connectivity index (χ0v) is 11.5. The monoisotopic (exact) mass is 308 g/mol. The first-order valence-electron chi connectivity index (χ1n) is 6.16. The fourth-order valence-corrected chi connectivity index (χ4v) is 2.94. The molecule has 8 heteroatoms. The highest BCUT2D eigenvalue weighted by atomic mass is 32.1. The Morgan fingerprint density at radius 3 is 2.70 bits per heavy atom. The van der Waals surface area contributed by atoms with Gasteiger partial charge in [0.2, 0.25) is 5.91 Å². The number of carbonyl (C=O) groups excluding carboxylic acids is 1. The molecule has 2 heterocycles. The highest BCUT2D eigenvalue weighted by Gasteiger charge is 2.33. The molecule has 1 aliphatic heterocycles. The molecule has 1 amide bonds. The van der Waals surface area contributed by atoms with Crippen molar-refractivity contribution in [2.45, 2.75) is 18.7 Å². The Balaban J connectivity index is 1.85. The Labute approximate surface area is 118 Å². The molecule has 1 aromatic heterocycles. The van der Waals surface area contributed by atoms with Crippen molar-refractivity contribution < 1.29 is 23.1 Å². The van der Waals surface area contributed by atoms with E-state index in [1.54, 1.807) is 9.80 Å². The van der Waals surface area contributed by atoms with Gasteiger partial charge in [-0.25, -0.2) is 0 Å². The average molecular weight is 308 g/mol. The van der Waals surface area contributed by atoms with Crippen LogP contribution in [0.1, 0.15) is 6.42 Å². The molecule has 0 unspecified atom stereocenters. The van der Waals surface area contributed by atoms with Gasteiger partial charge in [-0.1, -0.05) is 0 Å². The first kappa shape index (κ1) is 15.3. The molecule has 0 aromatic carbocycles. The number of hydrogen-bond donors (Lipinski definition) is 1. The SMILES string of the molecule is O=C1CN(C[C@H](O)CC(F)(F)F)CCN1c1cccs1. The van der Waals surface area contributed by atoms with Crippen LogP contribution in [0.3, 0.4) is 0 Å². The van der Waals surface area contributed by atoms with Crippen LogP contribution in [0, 0.1) is 0 Å². The number of amides is 1. The zero-order chi connectivity index (χ0) is 14.8. The highest BCUT2D eigenvalue weighted by Crippen LogP contribution is 2.24. The summed E-state index contributed by atoms with van der Waals surface area (Å²) in [5, 5.41) is 12.1. The van der Waals surface area contributed by atoms with Crippen LogP contribution < -0.4 is 4.90 Å². The van der Waals surface area contributed by atoms with Crippen molar-refractivity contribution in [1.29, 1.82) is 0 Å². The van der Waals surface area contributed by atoms with Crippen LogP contribution >= 0.6 is 11.3 Å². The van der Waals surface area contributed by atoms with Crippen LogP contribution in [-0.4, -0.2) is 54.4 Å². The normalized spacial score (nSPS) is 19.4. The predicted octanol–water partition coefficient (Wildman–Crippen LogP) is 1.71. The third-order valence-corrected chi connectivity index (χ3v) is 3.90. The first-order chi connectivity index (χ1) is 9.35. The molecule has 20 heavy (non-hydrogen) atoms. The summed E-state index contributed by atoms with van der Waals surface area (Å²) in [6.45, 7) is 0.785. The van der Waals surface area contributed by atoms with E-state index in [1.807, 2.05) is 17.5 Å². The number of thiophene rings is 1. The van der Waals surface area contributed by atoms with Gasteiger partial charge in [-0.2, -0.15) is 13.2 Å². The minimum atomic E-state index is -4.39. The largest absolute Gasteiger partial charge is 0.391 e. The van der Waals surface area contributed by atoms with E-state index in [9.17, 15) is 23.1 Å². The quantitative estimate of drug-likeness (QED) is 0.921. The number of rotatable bonds is 4. The molecule has 0 radical (unpaired) electrons. The fraction of sp³-hybridized carbons (Fsp3) is 0.583. The topological polar surface area (TPSA) is 43.8 Å². The first-order valence-corrected chi connectivity index (χ1v) is 7.04. The third-order valence-electron chi connectivity index (χ3n) is 3.01. The van der Waals surface area contributed by atoms with E-state index in [4.69, 9.17) is 0 Å². The molecule has 1 aliphatic rings. The van der Waals surface area contributed by atoms with Crippen LogP contribution in [-0.2, 0) is 4.79 Å². The van der Waals surface area contributed by atoms with Crippen LogP contribution in [0.25, 0.3) is 0 Å². The second-order valence-electron chi connectivity index (χ2n) is 4.70. The maximum atomic E-state index is 12.1. The standard InChI is InChI=1S/C12H15F3N2O2S/c13-12(14,15)6-9(18)7-16-3-4-17(10(19)8-16)11-2-1-5-20-11/h1-2,5,9,18H,3-4,6-8H2/t9-/m1/s1. The summed E-state index contributed by atoms with van der Waals surface area (Å²) >= 11 is 1.44. The minimum Gasteiger partial charge on any atom is -0.391 e. The summed E-state index contributed by atoms with van der Waals surface area (Å²) in [6, 6.07) is 3.67. The highest BCUT2D eigenvalue weighted by molar-refractivity contribution is 7.14. The lowest BCUT2D eigenvalue weighted by atomic mass is 10.2.